The maximum atomic E-state index is 10.7. The molecule has 0 saturated carbocycles. The Hall–Kier alpha value is -0.220. The van der Waals surface area contributed by atoms with Crippen LogP contribution in [0.25, 0.3) is 0 Å². The van der Waals surface area contributed by atoms with Crippen molar-refractivity contribution in [1.29, 1.82) is 0 Å². The van der Waals surface area contributed by atoms with Crippen molar-refractivity contribution < 1.29 is 19.1 Å². The van der Waals surface area contributed by atoms with E-state index in [1.54, 1.807) is 0 Å². The summed E-state index contributed by atoms with van der Waals surface area (Å²) in [6.45, 7) is 1.44. The van der Waals surface area contributed by atoms with Crippen LogP contribution < -0.4 is 5.73 Å². The summed E-state index contributed by atoms with van der Waals surface area (Å²) in [5, 5.41) is 0. The summed E-state index contributed by atoms with van der Waals surface area (Å²) in [6.07, 6.45) is 2.43. The van der Waals surface area contributed by atoms with E-state index in [1.165, 1.54) is 6.92 Å². The second-order valence-corrected chi connectivity index (χ2v) is 5.23. The molecule has 0 bridgehead atoms. The van der Waals surface area contributed by atoms with Gasteiger partial charge in [-0.25, -0.2) is 0 Å². The third-order valence-corrected chi connectivity index (χ3v) is 2.89. The molecule has 0 amide bonds. The standard InChI is InChI=1S/C8H18NO4P/c1-7(10)8(9)5-3-2-4-6-14(11,12)13/h8H,2-6,9H2,1H3,(H2,11,12,13). The van der Waals surface area contributed by atoms with Crippen molar-refractivity contribution in [2.24, 2.45) is 5.73 Å². The highest BCUT2D eigenvalue weighted by Gasteiger charge is 2.12. The molecular formula is C8H18NO4P. The molecule has 0 heterocycles. The third kappa shape index (κ3) is 8.38. The predicted octanol–water partition coefficient (Wildman–Crippen LogP) is 0.641. The number of hydrogen-bond donors (Lipinski definition) is 3. The molecule has 0 fully saturated rings. The van der Waals surface area contributed by atoms with Crippen molar-refractivity contribution in [3.63, 3.8) is 0 Å². The van der Waals surface area contributed by atoms with E-state index in [9.17, 15) is 9.36 Å². The number of nitrogens with two attached hydrogens (primary N) is 1. The highest BCUT2D eigenvalue weighted by Crippen LogP contribution is 2.35. The number of hydrogen-bond acceptors (Lipinski definition) is 3. The van der Waals surface area contributed by atoms with Crippen LogP contribution in [0.3, 0.4) is 0 Å². The lowest BCUT2D eigenvalue weighted by Gasteiger charge is -2.07. The molecule has 0 aliphatic rings. The second kappa shape index (κ2) is 6.30. The quantitative estimate of drug-likeness (QED) is 0.434. The second-order valence-electron chi connectivity index (χ2n) is 3.45. The summed E-state index contributed by atoms with van der Waals surface area (Å²) in [7, 11) is -3.85. The van der Waals surface area contributed by atoms with Crippen molar-refractivity contribution >= 4 is 13.4 Å². The Labute approximate surface area is 83.8 Å². The van der Waals surface area contributed by atoms with Gasteiger partial charge in [0.15, 0.2) is 0 Å². The van der Waals surface area contributed by atoms with E-state index < -0.39 is 13.6 Å². The van der Waals surface area contributed by atoms with Gasteiger partial charge in [-0.3, -0.25) is 9.36 Å². The molecule has 0 spiro atoms. The molecule has 84 valence electrons. The average molecular weight is 223 g/mol. The van der Waals surface area contributed by atoms with E-state index in [0.717, 1.165) is 6.42 Å². The fraction of sp³-hybridized carbons (Fsp3) is 0.875. The van der Waals surface area contributed by atoms with Crippen LogP contribution in [0, 0.1) is 0 Å². The molecule has 1 unspecified atom stereocenters. The van der Waals surface area contributed by atoms with Gasteiger partial charge in [-0.1, -0.05) is 12.8 Å². The van der Waals surface area contributed by atoms with Gasteiger partial charge >= 0.3 is 7.60 Å². The molecule has 0 rings (SSSR count). The van der Waals surface area contributed by atoms with Crippen LogP contribution in [0.2, 0.25) is 0 Å². The molecule has 14 heavy (non-hydrogen) atoms. The number of ketones is 1. The summed E-state index contributed by atoms with van der Waals surface area (Å²) < 4.78 is 10.5. The Morgan fingerprint density at radius 1 is 1.36 bits per heavy atom. The highest BCUT2D eigenvalue weighted by atomic mass is 31.2. The third-order valence-electron chi connectivity index (χ3n) is 1.99. The smallest absolute Gasteiger partial charge is 0.324 e. The summed E-state index contributed by atoms with van der Waals surface area (Å²) >= 11 is 0. The van der Waals surface area contributed by atoms with Gasteiger partial charge in [0.2, 0.25) is 0 Å². The van der Waals surface area contributed by atoms with Gasteiger partial charge in [0.1, 0.15) is 5.78 Å². The van der Waals surface area contributed by atoms with Gasteiger partial charge in [-0.05, 0) is 19.8 Å². The molecular weight excluding hydrogens is 205 g/mol. The van der Waals surface area contributed by atoms with Crippen molar-refractivity contribution in [3.8, 4) is 0 Å². The molecule has 6 heteroatoms. The summed E-state index contributed by atoms with van der Waals surface area (Å²) in [5.74, 6) is -0.0417. The first-order chi connectivity index (χ1) is 6.33. The predicted molar refractivity (Wildman–Crippen MR) is 54.0 cm³/mol. The number of carbonyl (C=O) groups excluding carboxylic acids is 1. The van der Waals surface area contributed by atoms with Gasteiger partial charge in [-0.15, -0.1) is 0 Å². The van der Waals surface area contributed by atoms with Crippen molar-refractivity contribution in [3.05, 3.63) is 0 Å². The number of unbranched alkanes of at least 4 members (excludes halogenated alkanes) is 2. The average Bonchev–Trinajstić information content (AvgIpc) is 2.01. The molecule has 0 aliphatic heterocycles. The number of rotatable bonds is 7. The van der Waals surface area contributed by atoms with Crippen LogP contribution in [0.5, 0.6) is 0 Å². The zero-order valence-electron chi connectivity index (χ0n) is 8.35. The van der Waals surface area contributed by atoms with Gasteiger partial charge in [0.05, 0.1) is 6.04 Å². The van der Waals surface area contributed by atoms with Crippen LogP contribution in [0.4, 0.5) is 0 Å². The normalized spacial score (nSPS) is 14.0. The summed E-state index contributed by atoms with van der Waals surface area (Å²) in [6, 6.07) is -0.426. The zero-order valence-corrected chi connectivity index (χ0v) is 9.24. The van der Waals surface area contributed by atoms with E-state index in [1.807, 2.05) is 0 Å². The molecule has 0 radical (unpaired) electrons. The minimum Gasteiger partial charge on any atom is -0.324 e. The van der Waals surface area contributed by atoms with Crippen molar-refractivity contribution in [2.45, 2.75) is 38.6 Å². The largest absolute Gasteiger partial charge is 0.325 e. The minimum atomic E-state index is -3.85. The summed E-state index contributed by atoms with van der Waals surface area (Å²) in [5.41, 5.74) is 5.48. The molecule has 4 N–H and O–H groups in total. The van der Waals surface area contributed by atoms with E-state index in [4.69, 9.17) is 15.5 Å². The van der Waals surface area contributed by atoms with E-state index >= 15 is 0 Å². The Bertz CT molecular complexity index is 225. The lowest BCUT2D eigenvalue weighted by atomic mass is 10.1. The molecule has 0 aliphatic carbocycles. The first kappa shape index (κ1) is 13.8. The SMILES string of the molecule is CC(=O)C(N)CCCCCP(=O)(O)O. The van der Waals surface area contributed by atoms with Crippen molar-refractivity contribution in [2.75, 3.05) is 6.16 Å². The topological polar surface area (TPSA) is 101 Å². The number of Topliss-reactive ketones (excluding diaryl/α,β-unsaturated/α-hetero) is 1. The van der Waals surface area contributed by atoms with Gasteiger partial charge in [-0.2, -0.15) is 0 Å². The molecule has 0 aromatic carbocycles. The Balaban J connectivity index is 3.39. The lowest BCUT2D eigenvalue weighted by Crippen LogP contribution is -2.27. The summed E-state index contributed by atoms with van der Waals surface area (Å²) in [4.78, 5) is 27.8. The first-order valence-electron chi connectivity index (χ1n) is 4.63. The first-order valence-corrected chi connectivity index (χ1v) is 6.43. The lowest BCUT2D eigenvalue weighted by molar-refractivity contribution is -0.118. The zero-order chi connectivity index (χ0) is 11.2. The van der Waals surface area contributed by atoms with Gasteiger partial charge in [0, 0.05) is 6.16 Å². The fourth-order valence-electron chi connectivity index (χ4n) is 1.06. The van der Waals surface area contributed by atoms with Crippen LogP contribution >= 0.6 is 7.60 Å². The Morgan fingerprint density at radius 2 is 1.93 bits per heavy atom. The fourth-order valence-corrected chi connectivity index (χ4v) is 1.70. The minimum absolute atomic E-state index is 0.0417. The van der Waals surface area contributed by atoms with Gasteiger partial charge < -0.3 is 15.5 Å². The van der Waals surface area contributed by atoms with Crippen LogP contribution in [0.15, 0.2) is 0 Å². The van der Waals surface area contributed by atoms with Gasteiger partial charge in [0.25, 0.3) is 0 Å². The number of carbonyl (C=O) groups is 1. The van der Waals surface area contributed by atoms with Crippen molar-refractivity contribution in [1.82, 2.24) is 0 Å². The maximum absolute atomic E-state index is 10.7. The molecule has 0 saturated heterocycles. The van der Waals surface area contributed by atoms with E-state index in [-0.39, 0.29) is 11.9 Å². The van der Waals surface area contributed by atoms with Crippen LogP contribution in [-0.2, 0) is 9.36 Å². The highest BCUT2D eigenvalue weighted by molar-refractivity contribution is 7.51. The molecule has 5 nitrogen and oxygen atoms in total. The van der Waals surface area contributed by atoms with E-state index in [0.29, 0.717) is 19.3 Å². The Morgan fingerprint density at radius 3 is 2.36 bits per heavy atom. The monoisotopic (exact) mass is 223 g/mol. The van der Waals surface area contributed by atoms with E-state index in [2.05, 4.69) is 0 Å². The molecule has 0 aromatic rings. The van der Waals surface area contributed by atoms with Crippen LogP contribution in [0.1, 0.15) is 32.6 Å². The molecule has 1 atom stereocenters. The Kier molecular flexibility index (Phi) is 6.20. The molecule has 0 aromatic heterocycles. The maximum Gasteiger partial charge on any atom is 0.325 e. The van der Waals surface area contributed by atoms with Crippen LogP contribution in [-0.4, -0.2) is 27.8 Å².